The minimum Gasteiger partial charge on any atom is -0.355 e. The molecule has 3 rings (SSSR count). The fourth-order valence-corrected chi connectivity index (χ4v) is 3.80. The van der Waals surface area contributed by atoms with E-state index in [1.807, 2.05) is 6.92 Å². The Balaban J connectivity index is 1.52. The van der Waals surface area contributed by atoms with Crippen molar-refractivity contribution in [2.75, 3.05) is 19.6 Å². The molecule has 3 amide bonds. The van der Waals surface area contributed by atoms with E-state index in [2.05, 4.69) is 16.0 Å². The molecule has 5 unspecified atom stereocenters. The van der Waals surface area contributed by atoms with Crippen LogP contribution in [-0.4, -0.2) is 79.6 Å². The summed E-state index contributed by atoms with van der Waals surface area (Å²) >= 11 is 0. The Hall–Kier alpha value is -1.79. The monoisotopic (exact) mass is 443 g/mol. The number of hydrogen-bond acceptors (Lipinski definition) is 8. The minimum absolute atomic E-state index is 0.155. The van der Waals surface area contributed by atoms with Gasteiger partial charge in [-0.05, 0) is 34.1 Å². The second kappa shape index (κ2) is 9.37. The zero-order valence-corrected chi connectivity index (χ0v) is 18.7. The standard InChI is InChI=1S/C20H33N3O8/c1-6-7-8-21-11(24)9-22-12(25)10-23-17(26)15-13-14(29-19(2,3)28-13)16-18(27-15)31-20(4,5)30-16/h13-16,18H,6-10H2,1-5H3,(H,21,24)(H,22,25)(H,23,26). The van der Waals surface area contributed by atoms with Crippen molar-refractivity contribution in [3.05, 3.63) is 0 Å². The van der Waals surface area contributed by atoms with E-state index in [1.54, 1.807) is 27.7 Å². The summed E-state index contributed by atoms with van der Waals surface area (Å²) in [6.07, 6.45) is -1.84. The van der Waals surface area contributed by atoms with Crippen molar-refractivity contribution < 1.29 is 38.1 Å². The number of hydrogen-bond donors (Lipinski definition) is 3. The van der Waals surface area contributed by atoms with E-state index in [-0.39, 0.29) is 19.0 Å². The predicted octanol–water partition coefficient (Wildman–Crippen LogP) is -0.468. The Morgan fingerprint density at radius 3 is 2.06 bits per heavy atom. The average Bonchev–Trinajstić information content (AvgIpc) is 3.17. The first-order chi connectivity index (χ1) is 14.5. The van der Waals surface area contributed by atoms with Crippen LogP contribution in [0, 0.1) is 0 Å². The lowest BCUT2D eigenvalue weighted by molar-refractivity contribution is -0.231. The maximum absolute atomic E-state index is 12.8. The van der Waals surface area contributed by atoms with Crippen molar-refractivity contribution in [3.63, 3.8) is 0 Å². The number of unbranched alkanes of at least 4 members (excludes halogenated alkanes) is 1. The molecule has 3 aliphatic heterocycles. The number of ether oxygens (including phenoxy) is 5. The number of carbonyl (C=O) groups is 3. The first-order valence-corrected chi connectivity index (χ1v) is 10.7. The van der Waals surface area contributed by atoms with Crippen LogP contribution >= 0.6 is 0 Å². The molecule has 0 aromatic rings. The molecular weight excluding hydrogens is 410 g/mol. The Kier molecular flexibility index (Phi) is 7.21. The van der Waals surface area contributed by atoms with Crippen molar-refractivity contribution in [1.82, 2.24) is 16.0 Å². The molecule has 3 heterocycles. The molecular formula is C20H33N3O8. The first kappa shape index (κ1) is 23.9. The summed E-state index contributed by atoms with van der Waals surface area (Å²) in [5.41, 5.74) is 0. The SMILES string of the molecule is CCCCNC(=O)CNC(=O)CNC(=O)C1OC2OC(C)(C)OC2C2OC(C)(C)OC12. The summed E-state index contributed by atoms with van der Waals surface area (Å²) in [4.78, 5) is 36.5. The van der Waals surface area contributed by atoms with Crippen molar-refractivity contribution >= 4 is 17.7 Å². The highest BCUT2D eigenvalue weighted by molar-refractivity contribution is 5.89. The summed E-state index contributed by atoms with van der Waals surface area (Å²) in [5, 5.41) is 7.70. The molecule has 3 saturated heterocycles. The summed E-state index contributed by atoms with van der Waals surface area (Å²) in [6.45, 7) is 9.12. The molecule has 0 aromatic carbocycles. The van der Waals surface area contributed by atoms with Gasteiger partial charge < -0.3 is 39.6 Å². The van der Waals surface area contributed by atoms with Crippen LogP contribution in [0.1, 0.15) is 47.5 Å². The number of fused-ring (bicyclic) bond motifs is 3. The maximum Gasteiger partial charge on any atom is 0.252 e. The number of rotatable bonds is 8. The van der Waals surface area contributed by atoms with Gasteiger partial charge >= 0.3 is 0 Å². The van der Waals surface area contributed by atoms with Crippen LogP contribution in [0.4, 0.5) is 0 Å². The largest absolute Gasteiger partial charge is 0.355 e. The highest BCUT2D eigenvalue weighted by Crippen LogP contribution is 2.44. The van der Waals surface area contributed by atoms with E-state index < -0.39 is 54.1 Å². The van der Waals surface area contributed by atoms with Crippen LogP contribution < -0.4 is 16.0 Å². The third-order valence-corrected chi connectivity index (χ3v) is 5.13. The molecule has 5 atom stereocenters. The second-order valence-electron chi connectivity index (χ2n) is 8.79. The highest BCUT2D eigenvalue weighted by Gasteiger charge is 2.62. The topological polar surface area (TPSA) is 133 Å². The van der Waals surface area contributed by atoms with Crippen LogP contribution in [0.2, 0.25) is 0 Å². The molecule has 11 nitrogen and oxygen atoms in total. The molecule has 0 bridgehead atoms. The molecule has 176 valence electrons. The highest BCUT2D eigenvalue weighted by atomic mass is 16.9. The number of amides is 3. The van der Waals surface area contributed by atoms with Gasteiger partial charge in [-0.2, -0.15) is 0 Å². The van der Waals surface area contributed by atoms with Crippen LogP contribution in [-0.2, 0) is 38.1 Å². The first-order valence-electron chi connectivity index (χ1n) is 10.7. The molecule has 0 aromatic heterocycles. The van der Waals surface area contributed by atoms with Gasteiger partial charge in [-0.3, -0.25) is 14.4 Å². The van der Waals surface area contributed by atoms with Crippen LogP contribution in [0.15, 0.2) is 0 Å². The van der Waals surface area contributed by atoms with Crippen molar-refractivity contribution in [2.24, 2.45) is 0 Å². The van der Waals surface area contributed by atoms with Gasteiger partial charge in [0.1, 0.15) is 18.3 Å². The van der Waals surface area contributed by atoms with E-state index >= 15 is 0 Å². The normalized spacial score (nSPS) is 32.6. The lowest BCUT2D eigenvalue weighted by Gasteiger charge is -2.36. The summed E-state index contributed by atoms with van der Waals surface area (Å²) in [7, 11) is 0. The third kappa shape index (κ3) is 5.92. The molecule has 0 spiro atoms. The molecule has 3 fully saturated rings. The van der Waals surface area contributed by atoms with E-state index in [1.165, 1.54) is 0 Å². The van der Waals surface area contributed by atoms with Crippen LogP contribution in [0.3, 0.4) is 0 Å². The maximum atomic E-state index is 12.8. The molecule has 11 heteroatoms. The summed E-state index contributed by atoms with van der Waals surface area (Å²) in [5.74, 6) is -3.12. The van der Waals surface area contributed by atoms with Gasteiger partial charge in [0.05, 0.1) is 13.1 Å². The minimum atomic E-state index is -1.05. The van der Waals surface area contributed by atoms with E-state index in [9.17, 15) is 14.4 Å². The van der Waals surface area contributed by atoms with Crippen molar-refractivity contribution in [3.8, 4) is 0 Å². The van der Waals surface area contributed by atoms with E-state index in [0.717, 1.165) is 12.8 Å². The fourth-order valence-electron chi connectivity index (χ4n) is 3.80. The van der Waals surface area contributed by atoms with Crippen LogP contribution in [0.25, 0.3) is 0 Å². The number of carbonyl (C=O) groups excluding carboxylic acids is 3. The smallest absolute Gasteiger partial charge is 0.252 e. The van der Waals surface area contributed by atoms with Gasteiger partial charge in [-0.25, -0.2) is 0 Å². The zero-order chi connectivity index (χ0) is 22.8. The summed E-state index contributed by atoms with van der Waals surface area (Å²) in [6, 6.07) is 0. The van der Waals surface area contributed by atoms with Gasteiger partial charge in [0.2, 0.25) is 11.8 Å². The average molecular weight is 443 g/mol. The van der Waals surface area contributed by atoms with Gasteiger partial charge in [-0.1, -0.05) is 13.3 Å². The predicted molar refractivity (Wildman–Crippen MR) is 106 cm³/mol. The Labute approximate surface area is 181 Å². The Bertz CT molecular complexity index is 698. The molecule has 0 aliphatic carbocycles. The van der Waals surface area contributed by atoms with Crippen molar-refractivity contribution in [1.29, 1.82) is 0 Å². The van der Waals surface area contributed by atoms with Crippen LogP contribution in [0.5, 0.6) is 0 Å². The van der Waals surface area contributed by atoms with Crippen molar-refractivity contribution in [2.45, 2.75) is 89.7 Å². The molecule has 3 N–H and O–H groups in total. The van der Waals surface area contributed by atoms with Gasteiger partial charge in [0.15, 0.2) is 24.0 Å². The Morgan fingerprint density at radius 2 is 1.35 bits per heavy atom. The van der Waals surface area contributed by atoms with Gasteiger partial charge in [0.25, 0.3) is 5.91 Å². The zero-order valence-electron chi connectivity index (χ0n) is 18.7. The molecule has 0 radical (unpaired) electrons. The van der Waals surface area contributed by atoms with E-state index in [4.69, 9.17) is 23.7 Å². The van der Waals surface area contributed by atoms with Gasteiger partial charge in [-0.15, -0.1) is 0 Å². The van der Waals surface area contributed by atoms with Gasteiger partial charge in [0, 0.05) is 6.54 Å². The molecule has 31 heavy (non-hydrogen) atoms. The fraction of sp³-hybridized carbons (Fsp3) is 0.850. The summed E-state index contributed by atoms with van der Waals surface area (Å²) < 4.78 is 29.3. The quantitative estimate of drug-likeness (QED) is 0.429. The third-order valence-electron chi connectivity index (χ3n) is 5.13. The molecule has 3 aliphatic rings. The Morgan fingerprint density at radius 1 is 0.774 bits per heavy atom. The lowest BCUT2D eigenvalue weighted by atomic mass is 9.98. The number of nitrogens with one attached hydrogen (secondary N) is 3. The lowest BCUT2D eigenvalue weighted by Crippen LogP contribution is -2.60. The second-order valence-corrected chi connectivity index (χ2v) is 8.79. The van der Waals surface area contributed by atoms with E-state index in [0.29, 0.717) is 6.54 Å². The molecule has 0 saturated carbocycles.